The maximum Gasteiger partial charge on any atom is 3.00 e. The zero-order chi connectivity index (χ0) is 44.4. The Kier molecular flexibility index (Phi) is 37.1. The zero-order valence-electron chi connectivity index (χ0n) is 32.1. The first-order valence-corrected chi connectivity index (χ1v) is 16.0. The van der Waals surface area contributed by atoms with Gasteiger partial charge in [0.15, 0.2) is 0 Å². The van der Waals surface area contributed by atoms with E-state index in [0.717, 1.165) is 0 Å². The SMILES string of the molecule is O=C(N[O-])c1ccncc1.O=C(N[O-])c1ccncc1.O=C(N[O-])c1ccncc1.O=C(N[O-])c1ccncc1.O=C(N[O-])c1ccncc1.O=C(N[O-])c1ccncc1.[Fe+2].[Fe+3].[Na+]. The van der Waals surface area contributed by atoms with Crippen molar-refractivity contribution in [2.24, 2.45) is 0 Å². The molecule has 0 aliphatic heterocycles. The first-order chi connectivity index (χ1) is 29.1. The van der Waals surface area contributed by atoms with Gasteiger partial charge >= 0.3 is 63.7 Å². The third-order valence-corrected chi connectivity index (χ3v) is 6.21. The molecule has 27 heteroatoms. The molecule has 0 saturated carbocycles. The predicted octanol–water partition coefficient (Wildman–Crippen LogP) is -1.15. The maximum atomic E-state index is 10.6. The van der Waals surface area contributed by atoms with Crippen LogP contribution in [0.4, 0.5) is 0 Å². The summed E-state index contributed by atoms with van der Waals surface area (Å²) in [4.78, 5) is 85.5. The van der Waals surface area contributed by atoms with Crippen LogP contribution in [0.15, 0.2) is 147 Å². The van der Waals surface area contributed by atoms with Gasteiger partial charge in [0.25, 0.3) is 0 Å². The minimum Gasteiger partial charge on any atom is -0.759 e. The Morgan fingerprint density at radius 1 is 0.286 bits per heavy atom. The topological polar surface area (TPSA) is 390 Å². The average Bonchev–Trinajstić information content (AvgIpc) is 3.35. The van der Waals surface area contributed by atoms with Crippen LogP contribution in [-0.2, 0) is 34.1 Å². The molecule has 0 fully saturated rings. The second-order valence-electron chi connectivity index (χ2n) is 10.0. The van der Waals surface area contributed by atoms with Gasteiger partial charge in [-0.05, 0) is 72.8 Å². The van der Waals surface area contributed by atoms with Crippen LogP contribution in [0, 0.1) is 31.2 Å². The molecule has 0 unspecified atom stereocenters. The Balaban J connectivity index is -0.000000679. The summed E-state index contributed by atoms with van der Waals surface area (Å²) in [5.74, 6) is -3.82. The van der Waals surface area contributed by atoms with Gasteiger partial charge in [-0.3, -0.25) is 58.7 Å². The van der Waals surface area contributed by atoms with Crippen molar-refractivity contribution in [2.75, 3.05) is 0 Å². The summed E-state index contributed by atoms with van der Waals surface area (Å²) in [6.07, 6.45) is 17.4. The average molecular weight is 957 g/mol. The molecule has 63 heavy (non-hydrogen) atoms. The van der Waals surface area contributed by atoms with Crippen LogP contribution in [0.2, 0.25) is 0 Å². The van der Waals surface area contributed by atoms with E-state index in [1.165, 1.54) is 180 Å². The predicted molar refractivity (Wildman–Crippen MR) is 210 cm³/mol. The summed E-state index contributed by atoms with van der Waals surface area (Å²) >= 11 is 0. The second-order valence-corrected chi connectivity index (χ2v) is 10.0. The van der Waals surface area contributed by atoms with E-state index >= 15 is 0 Å². The number of nitrogens with one attached hydrogen (secondary N) is 6. The largest absolute Gasteiger partial charge is 3.00 e. The Labute approximate surface area is 400 Å². The minimum absolute atomic E-state index is 0. The molecule has 0 aliphatic carbocycles. The zero-order valence-corrected chi connectivity index (χ0v) is 36.4. The molecule has 6 rings (SSSR count). The third kappa shape index (κ3) is 26.5. The van der Waals surface area contributed by atoms with E-state index < -0.39 is 35.4 Å². The quantitative estimate of drug-likeness (QED) is 0.0848. The van der Waals surface area contributed by atoms with E-state index in [1.54, 1.807) is 0 Å². The van der Waals surface area contributed by atoms with Gasteiger partial charge in [0.05, 0.1) is 0 Å². The smallest absolute Gasteiger partial charge is 0.759 e. The number of carbonyl (C=O) groups is 6. The number of hydrogen-bond donors (Lipinski definition) is 6. The molecule has 0 bridgehead atoms. The van der Waals surface area contributed by atoms with Crippen LogP contribution in [-0.4, -0.2) is 65.3 Å². The Hall–Kier alpha value is -6.48. The number of carbonyl (C=O) groups excluding carboxylic acids is 6. The number of amides is 6. The van der Waals surface area contributed by atoms with Gasteiger partial charge in [0, 0.05) is 108 Å². The number of pyridine rings is 6. The van der Waals surface area contributed by atoms with Crippen LogP contribution in [0.3, 0.4) is 0 Å². The summed E-state index contributed by atoms with van der Waals surface area (Å²) in [5.41, 5.74) is 9.53. The van der Waals surface area contributed by atoms with Crippen molar-refractivity contribution < 1.29 is 92.5 Å². The molecule has 6 amide bonds. The van der Waals surface area contributed by atoms with Crippen molar-refractivity contribution in [3.63, 3.8) is 0 Å². The van der Waals surface area contributed by atoms with E-state index in [-0.39, 0.29) is 63.7 Å². The van der Waals surface area contributed by atoms with Gasteiger partial charge < -0.3 is 64.1 Å². The molecule has 6 aromatic rings. The van der Waals surface area contributed by atoms with E-state index in [0.29, 0.717) is 33.4 Å². The Bertz CT molecular complexity index is 1750. The van der Waals surface area contributed by atoms with Crippen LogP contribution < -0.4 is 62.4 Å². The summed E-state index contributed by atoms with van der Waals surface area (Å²) in [7, 11) is 0. The second kappa shape index (κ2) is 38.4. The fraction of sp³-hybridized carbons (Fsp3) is 0. The van der Waals surface area contributed by atoms with Crippen molar-refractivity contribution in [3.05, 3.63) is 212 Å². The fourth-order valence-corrected chi connectivity index (χ4v) is 3.37. The molecule has 6 N–H and O–H groups in total. The first kappa shape index (κ1) is 60.8. The fourth-order valence-electron chi connectivity index (χ4n) is 3.37. The van der Waals surface area contributed by atoms with Gasteiger partial charge in [-0.2, -0.15) is 0 Å². The van der Waals surface area contributed by atoms with E-state index in [2.05, 4.69) is 29.9 Å². The van der Waals surface area contributed by atoms with E-state index in [4.69, 9.17) is 0 Å². The van der Waals surface area contributed by atoms with Crippen molar-refractivity contribution in [2.45, 2.75) is 0 Å². The summed E-state index contributed by atoms with van der Waals surface area (Å²) in [6.45, 7) is 0. The number of aromatic nitrogens is 6. The molecule has 0 aliphatic rings. The summed E-state index contributed by atoms with van der Waals surface area (Å²) in [5, 5.41) is 58.9. The van der Waals surface area contributed by atoms with Crippen molar-refractivity contribution in [1.82, 2.24) is 62.8 Å². The first-order valence-electron chi connectivity index (χ1n) is 16.0. The van der Waals surface area contributed by atoms with Gasteiger partial charge in [0.2, 0.25) is 35.4 Å². The summed E-state index contributed by atoms with van der Waals surface area (Å²) in [6, 6.07) is 17.6. The Morgan fingerprint density at radius 3 is 0.460 bits per heavy atom. The van der Waals surface area contributed by atoms with E-state index in [9.17, 15) is 60.0 Å². The van der Waals surface area contributed by atoms with Crippen molar-refractivity contribution in [1.29, 1.82) is 0 Å². The van der Waals surface area contributed by atoms with Crippen LogP contribution in [0.25, 0.3) is 0 Å². The number of hydroxylamine groups is 6. The maximum absolute atomic E-state index is 10.6. The standard InChI is InChI=1S/6C6H5N2O2.2Fe.Na/c6*9-6(8-10)5-1-3-7-4-2-5;;;/h6*1-4H,(H-,7,8,9,10);;;/q6*-1;+2;+3;+1. The van der Waals surface area contributed by atoms with Gasteiger partial charge in [-0.1, -0.05) is 0 Å². The Morgan fingerprint density at radius 2 is 0.381 bits per heavy atom. The molecule has 323 valence electrons. The molecule has 0 saturated heterocycles. The normalized spacial score (nSPS) is 8.48. The molecule has 0 spiro atoms. The van der Waals surface area contributed by atoms with Gasteiger partial charge in [-0.25, -0.2) is 0 Å². The van der Waals surface area contributed by atoms with E-state index in [1.807, 2.05) is 0 Å². The molecule has 1 radical (unpaired) electrons. The molecule has 6 heterocycles. The van der Waals surface area contributed by atoms with Crippen molar-refractivity contribution >= 4 is 35.4 Å². The number of rotatable bonds is 6. The number of hydrogen-bond acceptors (Lipinski definition) is 18. The monoisotopic (exact) mass is 957 g/mol. The molecule has 24 nitrogen and oxygen atoms in total. The molecular formula is C36H30Fe2N12NaO12. The van der Waals surface area contributed by atoms with Crippen LogP contribution in [0.5, 0.6) is 0 Å². The molecule has 0 atom stereocenters. The summed E-state index contributed by atoms with van der Waals surface area (Å²) < 4.78 is 0. The van der Waals surface area contributed by atoms with Crippen molar-refractivity contribution in [3.8, 4) is 0 Å². The van der Waals surface area contributed by atoms with Crippen LogP contribution in [0.1, 0.15) is 62.1 Å². The number of nitrogens with zero attached hydrogens (tertiary/aromatic N) is 6. The molecule has 0 aromatic carbocycles. The van der Waals surface area contributed by atoms with Gasteiger partial charge in [0.1, 0.15) is 0 Å². The molecule has 6 aromatic heterocycles. The van der Waals surface area contributed by atoms with Gasteiger partial charge in [-0.15, -0.1) is 0 Å². The third-order valence-electron chi connectivity index (χ3n) is 6.21. The minimum atomic E-state index is -0.637. The molecular weight excluding hydrogens is 927 g/mol. The van der Waals surface area contributed by atoms with Crippen LogP contribution >= 0.6 is 0 Å².